The Hall–Kier alpha value is -1.94. The minimum absolute atomic E-state index is 0.161. The van der Waals surface area contributed by atoms with Crippen molar-refractivity contribution in [1.82, 2.24) is 10.9 Å². The number of Topliss-reactive ketones (excluding diaryl/α,β-unsaturated/α-hetero) is 1. The van der Waals surface area contributed by atoms with Gasteiger partial charge in [-0.1, -0.05) is 30.3 Å². The third kappa shape index (κ3) is 2.12. The molecule has 88 valence electrons. The maximum absolute atomic E-state index is 11.6. The molecular formula is C13H14N2O2. The van der Waals surface area contributed by atoms with Crippen LogP contribution in [0.3, 0.4) is 0 Å². The van der Waals surface area contributed by atoms with E-state index in [0.29, 0.717) is 5.57 Å². The van der Waals surface area contributed by atoms with Crippen LogP contribution in [0.15, 0.2) is 41.5 Å². The van der Waals surface area contributed by atoms with E-state index >= 15 is 0 Å². The Morgan fingerprint density at radius 1 is 1.06 bits per heavy atom. The number of amides is 1. The Balaban J connectivity index is 2.43. The summed E-state index contributed by atoms with van der Waals surface area (Å²) < 4.78 is 0. The summed E-state index contributed by atoms with van der Waals surface area (Å²) >= 11 is 0. The molecule has 1 aromatic rings. The molecule has 1 heterocycles. The molecule has 1 atom stereocenters. The van der Waals surface area contributed by atoms with Crippen LogP contribution in [0.4, 0.5) is 0 Å². The van der Waals surface area contributed by atoms with Crippen LogP contribution in [-0.2, 0) is 9.59 Å². The zero-order valence-corrected chi connectivity index (χ0v) is 9.78. The molecule has 1 aliphatic heterocycles. The van der Waals surface area contributed by atoms with E-state index in [1.165, 1.54) is 0 Å². The first-order chi connectivity index (χ1) is 8.11. The molecule has 0 bridgehead atoms. The first-order valence-electron chi connectivity index (χ1n) is 5.43. The van der Waals surface area contributed by atoms with Gasteiger partial charge in [0.2, 0.25) is 5.78 Å². The van der Waals surface area contributed by atoms with Crippen LogP contribution in [0, 0.1) is 0 Å². The average molecular weight is 230 g/mol. The molecule has 0 spiro atoms. The number of hydrazine groups is 1. The quantitative estimate of drug-likeness (QED) is 0.714. The van der Waals surface area contributed by atoms with Crippen LogP contribution >= 0.6 is 0 Å². The minimum Gasteiger partial charge on any atom is -0.284 e. The Morgan fingerprint density at radius 3 is 2.35 bits per heavy atom. The van der Waals surface area contributed by atoms with Gasteiger partial charge < -0.3 is 0 Å². The van der Waals surface area contributed by atoms with Crippen molar-refractivity contribution in [1.29, 1.82) is 0 Å². The first kappa shape index (κ1) is 11.5. The van der Waals surface area contributed by atoms with Crippen LogP contribution in [0.1, 0.15) is 25.5 Å². The van der Waals surface area contributed by atoms with Crippen LogP contribution in [0.5, 0.6) is 0 Å². The van der Waals surface area contributed by atoms with E-state index in [1.54, 1.807) is 6.92 Å². The standard InChI is InChI=1S/C13H14N2O2/c1-8-9(2)12(16)13(17)15-14-11(8)10-6-4-3-5-7-10/h3-7,11,14H,1-2H3,(H,15,17)/t11-/m1/s1. The van der Waals surface area contributed by atoms with Crippen molar-refractivity contribution in [2.45, 2.75) is 19.9 Å². The Bertz CT molecular complexity index is 491. The van der Waals surface area contributed by atoms with Crippen molar-refractivity contribution in [3.8, 4) is 0 Å². The number of carbonyl (C=O) groups is 2. The maximum Gasteiger partial charge on any atom is 0.306 e. The fourth-order valence-corrected chi connectivity index (χ4v) is 1.85. The number of hydrogen-bond acceptors (Lipinski definition) is 3. The summed E-state index contributed by atoms with van der Waals surface area (Å²) in [5, 5.41) is 0. The summed E-state index contributed by atoms with van der Waals surface area (Å²) in [6, 6.07) is 9.52. The highest BCUT2D eigenvalue weighted by molar-refractivity contribution is 6.42. The van der Waals surface area contributed by atoms with Crippen LogP contribution in [0.25, 0.3) is 0 Å². The number of benzene rings is 1. The van der Waals surface area contributed by atoms with Crippen molar-refractivity contribution in [3.63, 3.8) is 0 Å². The van der Waals surface area contributed by atoms with Crippen molar-refractivity contribution in [2.75, 3.05) is 0 Å². The normalized spacial score (nSPS) is 21.2. The van der Waals surface area contributed by atoms with Crippen molar-refractivity contribution in [3.05, 3.63) is 47.0 Å². The topological polar surface area (TPSA) is 58.2 Å². The number of rotatable bonds is 1. The van der Waals surface area contributed by atoms with E-state index in [9.17, 15) is 9.59 Å². The molecule has 17 heavy (non-hydrogen) atoms. The Labute approximate surface area is 99.7 Å². The maximum atomic E-state index is 11.6. The van der Waals surface area contributed by atoms with E-state index in [4.69, 9.17) is 0 Å². The Kier molecular flexibility index (Phi) is 3.06. The predicted octanol–water partition coefficient (Wildman–Crippen LogP) is 1.27. The van der Waals surface area contributed by atoms with Gasteiger partial charge in [-0.2, -0.15) is 0 Å². The monoisotopic (exact) mass is 230 g/mol. The molecule has 0 radical (unpaired) electrons. The summed E-state index contributed by atoms with van der Waals surface area (Å²) in [5.74, 6) is -1.09. The minimum atomic E-state index is -0.611. The largest absolute Gasteiger partial charge is 0.306 e. The second-order valence-corrected chi connectivity index (χ2v) is 4.08. The summed E-state index contributed by atoms with van der Waals surface area (Å²) in [7, 11) is 0. The first-order valence-corrected chi connectivity index (χ1v) is 5.43. The third-order valence-electron chi connectivity index (χ3n) is 3.03. The van der Waals surface area contributed by atoms with Gasteiger partial charge in [-0.15, -0.1) is 0 Å². The van der Waals surface area contributed by atoms with E-state index in [0.717, 1.165) is 11.1 Å². The molecule has 0 saturated heterocycles. The molecule has 1 aromatic carbocycles. The van der Waals surface area contributed by atoms with Gasteiger partial charge in [-0.3, -0.25) is 15.0 Å². The molecule has 0 unspecified atom stereocenters. The van der Waals surface area contributed by atoms with Gasteiger partial charge in [0.15, 0.2) is 0 Å². The van der Waals surface area contributed by atoms with E-state index in [1.807, 2.05) is 37.3 Å². The second-order valence-electron chi connectivity index (χ2n) is 4.08. The van der Waals surface area contributed by atoms with Gasteiger partial charge in [0.1, 0.15) is 0 Å². The summed E-state index contributed by atoms with van der Waals surface area (Å²) in [6.07, 6.45) is 0. The summed E-state index contributed by atoms with van der Waals surface area (Å²) in [4.78, 5) is 23.0. The van der Waals surface area contributed by atoms with Crippen molar-refractivity contribution < 1.29 is 9.59 Å². The average Bonchev–Trinajstić information content (AvgIpc) is 2.45. The lowest BCUT2D eigenvalue weighted by atomic mass is 9.95. The van der Waals surface area contributed by atoms with E-state index in [-0.39, 0.29) is 6.04 Å². The number of hydrogen-bond donors (Lipinski definition) is 2. The summed E-state index contributed by atoms with van der Waals surface area (Å²) in [6.45, 7) is 3.54. The molecule has 1 aliphatic rings. The zero-order valence-electron chi connectivity index (χ0n) is 9.78. The fourth-order valence-electron chi connectivity index (χ4n) is 1.85. The summed E-state index contributed by atoms with van der Waals surface area (Å²) in [5.41, 5.74) is 7.68. The smallest absolute Gasteiger partial charge is 0.284 e. The van der Waals surface area contributed by atoms with Gasteiger partial charge in [0.25, 0.3) is 0 Å². The molecule has 0 aliphatic carbocycles. The molecule has 4 nitrogen and oxygen atoms in total. The molecule has 0 fully saturated rings. The molecule has 1 amide bonds. The number of ketones is 1. The van der Waals surface area contributed by atoms with Gasteiger partial charge in [-0.25, -0.2) is 5.43 Å². The molecule has 2 rings (SSSR count). The van der Waals surface area contributed by atoms with Gasteiger partial charge >= 0.3 is 5.91 Å². The van der Waals surface area contributed by atoms with E-state index in [2.05, 4.69) is 10.9 Å². The lowest BCUT2D eigenvalue weighted by molar-refractivity contribution is -0.136. The van der Waals surface area contributed by atoms with Crippen LogP contribution < -0.4 is 10.9 Å². The van der Waals surface area contributed by atoms with Gasteiger partial charge in [-0.05, 0) is 25.0 Å². The zero-order chi connectivity index (χ0) is 12.4. The fraction of sp³-hybridized carbons (Fsp3) is 0.231. The van der Waals surface area contributed by atoms with Gasteiger partial charge in [0.05, 0.1) is 6.04 Å². The van der Waals surface area contributed by atoms with E-state index < -0.39 is 11.7 Å². The second kappa shape index (κ2) is 4.51. The highest BCUT2D eigenvalue weighted by Crippen LogP contribution is 2.25. The van der Waals surface area contributed by atoms with Gasteiger partial charge in [0, 0.05) is 5.57 Å². The molecule has 0 saturated carbocycles. The number of nitrogens with one attached hydrogen (secondary N) is 2. The number of carbonyl (C=O) groups excluding carboxylic acids is 2. The molecular weight excluding hydrogens is 216 g/mol. The van der Waals surface area contributed by atoms with Crippen molar-refractivity contribution in [2.24, 2.45) is 0 Å². The van der Waals surface area contributed by atoms with Crippen molar-refractivity contribution >= 4 is 11.7 Å². The molecule has 4 heteroatoms. The lowest BCUT2D eigenvalue weighted by Gasteiger charge is -2.18. The predicted molar refractivity (Wildman–Crippen MR) is 63.8 cm³/mol. The molecule has 2 N–H and O–H groups in total. The van der Waals surface area contributed by atoms with Crippen LogP contribution in [-0.4, -0.2) is 11.7 Å². The lowest BCUT2D eigenvalue weighted by Crippen LogP contribution is -2.41. The highest BCUT2D eigenvalue weighted by Gasteiger charge is 2.26. The highest BCUT2D eigenvalue weighted by atomic mass is 16.2. The molecule has 0 aromatic heterocycles. The Morgan fingerprint density at radius 2 is 1.71 bits per heavy atom. The van der Waals surface area contributed by atoms with Crippen LogP contribution in [0.2, 0.25) is 0 Å². The SMILES string of the molecule is CC1=C(C)[C@H](c2ccccc2)NNC(=O)C1=O. The third-order valence-corrected chi connectivity index (χ3v) is 3.03.